The molecule has 0 aliphatic carbocycles. The summed E-state index contributed by atoms with van der Waals surface area (Å²) < 4.78 is 5.34. The molecule has 0 bridgehead atoms. The van der Waals surface area contributed by atoms with E-state index in [-0.39, 0.29) is 5.41 Å². The van der Waals surface area contributed by atoms with Gasteiger partial charge in [0.2, 0.25) is 0 Å². The SMILES string of the molecule is C=CC(C)(CCCOCC)CNC(C)C. The first-order valence-corrected chi connectivity index (χ1v) is 5.99. The van der Waals surface area contributed by atoms with Crippen LogP contribution in [0.1, 0.15) is 40.5 Å². The highest BCUT2D eigenvalue weighted by Gasteiger charge is 2.19. The molecule has 0 aromatic heterocycles. The summed E-state index contributed by atoms with van der Waals surface area (Å²) in [4.78, 5) is 0. The number of nitrogens with one attached hydrogen (secondary N) is 1. The van der Waals surface area contributed by atoms with Crippen molar-refractivity contribution in [3.63, 3.8) is 0 Å². The Balaban J connectivity index is 3.80. The highest BCUT2D eigenvalue weighted by atomic mass is 16.5. The molecule has 0 heterocycles. The lowest BCUT2D eigenvalue weighted by molar-refractivity contribution is 0.135. The molecule has 0 saturated heterocycles. The summed E-state index contributed by atoms with van der Waals surface area (Å²) in [7, 11) is 0. The van der Waals surface area contributed by atoms with Crippen LogP contribution in [0.4, 0.5) is 0 Å². The van der Waals surface area contributed by atoms with E-state index in [9.17, 15) is 0 Å². The molecule has 15 heavy (non-hydrogen) atoms. The van der Waals surface area contributed by atoms with Gasteiger partial charge in [0.15, 0.2) is 0 Å². The van der Waals surface area contributed by atoms with Crippen molar-refractivity contribution in [1.29, 1.82) is 0 Å². The predicted molar refractivity (Wildman–Crippen MR) is 67.2 cm³/mol. The average Bonchev–Trinajstić information content (AvgIpc) is 2.22. The molecular formula is C13H27NO. The lowest BCUT2D eigenvalue weighted by Crippen LogP contribution is -2.34. The van der Waals surface area contributed by atoms with Crippen molar-refractivity contribution in [2.24, 2.45) is 5.41 Å². The van der Waals surface area contributed by atoms with Gasteiger partial charge in [-0.2, -0.15) is 0 Å². The maximum absolute atomic E-state index is 5.34. The molecule has 1 N–H and O–H groups in total. The number of hydrogen-bond donors (Lipinski definition) is 1. The molecule has 0 radical (unpaired) electrons. The van der Waals surface area contributed by atoms with Crippen LogP contribution in [-0.2, 0) is 4.74 Å². The van der Waals surface area contributed by atoms with Gasteiger partial charge in [0, 0.05) is 25.8 Å². The summed E-state index contributed by atoms with van der Waals surface area (Å²) in [6.07, 6.45) is 4.31. The van der Waals surface area contributed by atoms with Crippen LogP contribution in [0.5, 0.6) is 0 Å². The minimum atomic E-state index is 0.196. The zero-order valence-electron chi connectivity index (χ0n) is 10.8. The van der Waals surface area contributed by atoms with Gasteiger partial charge in [-0.05, 0) is 25.2 Å². The first-order chi connectivity index (χ1) is 7.04. The molecule has 2 nitrogen and oxygen atoms in total. The van der Waals surface area contributed by atoms with Crippen molar-refractivity contribution in [3.05, 3.63) is 12.7 Å². The van der Waals surface area contributed by atoms with Crippen LogP contribution in [0.25, 0.3) is 0 Å². The minimum Gasteiger partial charge on any atom is -0.382 e. The van der Waals surface area contributed by atoms with Crippen LogP contribution in [0, 0.1) is 5.41 Å². The molecule has 90 valence electrons. The van der Waals surface area contributed by atoms with Crippen molar-refractivity contribution in [2.45, 2.75) is 46.6 Å². The smallest absolute Gasteiger partial charge is 0.0466 e. The quantitative estimate of drug-likeness (QED) is 0.469. The van der Waals surface area contributed by atoms with E-state index >= 15 is 0 Å². The normalized spacial score (nSPS) is 15.3. The molecule has 0 amide bonds. The van der Waals surface area contributed by atoms with E-state index in [2.05, 4.69) is 38.7 Å². The molecule has 0 rings (SSSR count). The Labute approximate surface area is 95.1 Å². The third-order valence-electron chi connectivity index (χ3n) is 2.65. The van der Waals surface area contributed by atoms with E-state index in [0.717, 1.165) is 32.6 Å². The molecule has 0 spiro atoms. The second-order valence-electron chi connectivity index (χ2n) is 4.69. The molecule has 2 heteroatoms. The Morgan fingerprint density at radius 1 is 1.47 bits per heavy atom. The Hall–Kier alpha value is -0.340. The predicted octanol–water partition coefficient (Wildman–Crippen LogP) is 2.99. The maximum Gasteiger partial charge on any atom is 0.0466 e. The van der Waals surface area contributed by atoms with Gasteiger partial charge in [-0.15, -0.1) is 6.58 Å². The first kappa shape index (κ1) is 14.7. The van der Waals surface area contributed by atoms with Gasteiger partial charge in [-0.25, -0.2) is 0 Å². The van der Waals surface area contributed by atoms with Gasteiger partial charge in [-0.1, -0.05) is 26.8 Å². The van der Waals surface area contributed by atoms with E-state index in [4.69, 9.17) is 4.74 Å². The van der Waals surface area contributed by atoms with Gasteiger partial charge in [0.25, 0.3) is 0 Å². The Morgan fingerprint density at radius 2 is 2.13 bits per heavy atom. The second-order valence-corrected chi connectivity index (χ2v) is 4.69. The fraction of sp³-hybridized carbons (Fsp3) is 0.846. The fourth-order valence-corrected chi connectivity index (χ4v) is 1.42. The van der Waals surface area contributed by atoms with Crippen LogP contribution in [0.2, 0.25) is 0 Å². The molecule has 0 saturated carbocycles. The summed E-state index contributed by atoms with van der Waals surface area (Å²) >= 11 is 0. The van der Waals surface area contributed by atoms with Gasteiger partial charge in [-0.3, -0.25) is 0 Å². The number of hydrogen-bond acceptors (Lipinski definition) is 2. The van der Waals surface area contributed by atoms with Crippen molar-refractivity contribution >= 4 is 0 Å². The topological polar surface area (TPSA) is 21.3 Å². The molecule has 0 aliphatic heterocycles. The fourth-order valence-electron chi connectivity index (χ4n) is 1.42. The average molecular weight is 213 g/mol. The minimum absolute atomic E-state index is 0.196. The van der Waals surface area contributed by atoms with E-state index < -0.39 is 0 Å². The summed E-state index contributed by atoms with van der Waals surface area (Å²) in [6.45, 7) is 15.2. The van der Waals surface area contributed by atoms with Gasteiger partial charge in [0.1, 0.15) is 0 Å². The molecular weight excluding hydrogens is 186 g/mol. The Bertz CT molecular complexity index is 168. The largest absolute Gasteiger partial charge is 0.382 e. The second kappa shape index (κ2) is 7.89. The van der Waals surface area contributed by atoms with Crippen molar-refractivity contribution in [2.75, 3.05) is 19.8 Å². The Kier molecular flexibility index (Phi) is 7.71. The third kappa shape index (κ3) is 7.57. The number of ether oxygens (including phenoxy) is 1. The monoisotopic (exact) mass is 213 g/mol. The van der Waals surface area contributed by atoms with Crippen molar-refractivity contribution in [3.8, 4) is 0 Å². The van der Waals surface area contributed by atoms with E-state index in [0.29, 0.717) is 6.04 Å². The molecule has 1 atom stereocenters. The zero-order chi connectivity index (χ0) is 11.7. The number of rotatable bonds is 9. The lowest BCUT2D eigenvalue weighted by atomic mass is 9.85. The van der Waals surface area contributed by atoms with Crippen LogP contribution >= 0.6 is 0 Å². The Morgan fingerprint density at radius 3 is 2.60 bits per heavy atom. The molecule has 0 aliphatic rings. The van der Waals surface area contributed by atoms with E-state index in [1.165, 1.54) is 0 Å². The van der Waals surface area contributed by atoms with Crippen LogP contribution in [0.15, 0.2) is 12.7 Å². The highest BCUT2D eigenvalue weighted by Crippen LogP contribution is 2.23. The summed E-state index contributed by atoms with van der Waals surface area (Å²) in [5.41, 5.74) is 0.196. The first-order valence-electron chi connectivity index (χ1n) is 5.99. The van der Waals surface area contributed by atoms with Crippen LogP contribution in [0.3, 0.4) is 0 Å². The van der Waals surface area contributed by atoms with Crippen molar-refractivity contribution in [1.82, 2.24) is 5.32 Å². The highest BCUT2D eigenvalue weighted by molar-refractivity contribution is 4.93. The molecule has 1 unspecified atom stereocenters. The molecule has 0 aromatic carbocycles. The summed E-state index contributed by atoms with van der Waals surface area (Å²) in [5, 5.41) is 3.47. The summed E-state index contributed by atoms with van der Waals surface area (Å²) in [5.74, 6) is 0. The van der Waals surface area contributed by atoms with E-state index in [1.807, 2.05) is 6.92 Å². The van der Waals surface area contributed by atoms with Gasteiger partial charge in [0.05, 0.1) is 0 Å². The third-order valence-corrected chi connectivity index (χ3v) is 2.65. The lowest BCUT2D eigenvalue weighted by Gasteiger charge is -2.27. The van der Waals surface area contributed by atoms with Gasteiger partial charge >= 0.3 is 0 Å². The van der Waals surface area contributed by atoms with E-state index in [1.54, 1.807) is 0 Å². The summed E-state index contributed by atoms with van der Waals surface area (Å²) in [6, 6.07) is 0.538. The zero-order valence-corrected chi connectivity index (χ0v) is 10.8. The maximum atomic E-state index is 5.34. The van der Waals surface area contributed by atoms with Crippen LogP contribution < -0.4 is 5.32 Å². The van der Waals surface area contributed by atoms with Gasteiger partial charge < -0.3 is 10.1 Å². The molecule has 0 aromatic rings. The molecule has 0 fully saturated rings. The van der Waals surface area contributed by atoms with Crippen LogP contribution in [-0.4, -0.2) is 25.8 Å². The standard InChI is InChI=1S/C13H27NO/c1-6-13(5,11-14-12(3)4)9-8-10-15-7-2/h6,12,14H,1,7-11H2,2-5H3. The van der Waals surface area contributed by atoms with Crippen molar-refractivity contribution < 1.29 is 4.74 Å².